The molecule has 0 aliphatic heterocycles. The summed E-state index contributed by atoms with van der Waals surface area (Å²) in [4.78, 5) is 14.9. The average molecular weight is 298 g/mol. The molecule has 2 aromatic rings. The third-order valence-corrected chi connectivity index (χ3v) is 3.71. The monoisotopic (exact) mass is 298 g/mol. The van der Waals surface area contributed by atoms with E-state index in [0.29, 0.717) is 23.8 Å². The van der Waals surface area contributed by atoms with Crippen molar-refractivity contribution in [2.75, 3.05) is 19.5 Å². The molecule has 0 bridgehead atoms. The molecule has 1 aromatic heterocycles. The van der Waals surface area contributed by atoms with E-state index in [1.807, 2.05) is 4.57 Å². The lowest BCUT2D eigenvalue weighted by Crippen LogP contribution is -2.05. The molecule has 0 atom stereocenters. The molecule has 5 nitrogen and oxygen atoms in total. The first-order valence-corrected chi connectivity index (χ1v) is 7.10. The van der Waals surface area contributed by atoms with Crippen LogP contribution in [0.3, 0.4) is 0 Å². The van der Waals surface area contributed by atoms with E-state index in [0.717, 1.165) is 18.2 Å². The maximum Gasteiger partial charge on any atom is 0.313 e. The van der Waals surface area contributed by atoms with E-state index in [9.17, 15) is 9.18 Å². The van der Waals surface area contributed by atoms with Gasteiger partial charge in [0.25, 0.3) is 0 Å². The molecule has 108 valence electrons. The van der Waals surface area contributed by atoms with E-state index >= 15 is 0 Å². The summed E-state index contributed by atoms with van der Waals surface area (Å²) in [5, 5.41) is 9.27. The molecule has 0 fully saturated rings. The molecule has 0 spiro atoms. The summed E-state index contributed by atoms with van der Waals surface area (Å²) >= 11 is 1.09. The Morgan fingerprint density at radius 3 is 3.05 bits per heavy atom. The molecule has 0 saturated carbocycles. The molecule has 1 heterocycles. The van der Waals surface area contributed by atoms with Crippen LogP contribution < -0.4 is 0 Å². The quantitative estimate of drug-likeness (QED) is 0.628. The second-order valence-electron chi connectivity index (χ2n) is 4.18. The zero-order chi connectivity index (χ0) is 14.5. The number of thioether (sulfide) groups is 1. The highest BCUT2D eigenvalue weighted by Gasteiger charge is 2.14. The van der Waals surface area contributed by atoms with Crippen LogP contribution in [-0.2, 0) is 16.1 Å². The first-order valence-electron chi connectivity index (χ1n) is 6.11. The predicted octanol–water partition coefficient (Wildman–Crippen LogP) is 2.39. The van der Waals surface area contributed by atoms with Crippen LogP contribution in [0.5, 0.6) is 0 Å². The van der Waals surface area contributed by atoms with E-state index in [1.165, 1.54) is 6.07 Å². The highest BCUT2D eigenvalue weighted by molar-refractivity contribution is 7.99. The van der Waals surface area contributed by atoms with E-state index < -0.39 is 11.8 Å². The SMILES string of the molecule is COCCCn1c(SCC(=O)O)nc2c(F)cccc21. The van der Waals surface area contributed by atoms with Crippen LogP contribution in [0.15, 0.2) is 23.4 Å². The molecule has 7 heteroatoms. The Kier molecular flexibility index (Phi) is 4.97. The average Bonchev–Trinajstić information content (AvgIpc) is 2.77. The topological polar surface area (TPSA) is 64.3 Å². The molecular weight excluding hydrogens is 283 g/mol. The molecule has 2 rings (SSSR count). The third kappa shape index (κ3) is 3.29. The summed E-state index contributed by atoms with van der Waals surface area (Å²) in [5.74, 6) is -1.42. The van der Waals surface area contributed by atoms with Crippen LogP contribution in [0.25, 0.3) is 11.0 Å². The number of aryl methyl sites for hydroxylation is 1. The molecule has 1 aromatic carbocycles. The standard InChI is InChI=1S/C13H15FN2O3S/c1-19-7-3-6-16-10-5-2-4-9(14)12(10)15-13(16)20-8-11(17)18/h2,4-5H,3,6-8H2,1H3,(H,17,18). The lowest BCUT2D eigenvalue weighted by molar-refractivity contribution is -0.133. The highest BCUT2D eigenvalue weighted by Crippen LogP contribution is 2.26. The Hall–Kier alpha value is -1.60. The maximum absolute atomic E-state index is 13.7. The van der Waals surface area contributed by atoms with Gasteiger partial charge in [-0.2, -0.15) is 0 Å². The number of methoxy groups -OCH3 is 1. The number of hydrogen-bond donors (Lipinski definition) is 1. The van der Waals surface area contributed by atoms with Crippen molar-refractivity contribution < 1.29 is 19.0 Å². The number of fused-ring (bicyclic) bond motifs is 1. The van der Waals surface area contributed by atoms with Crippen molar-refractivity contribution in [3.8, 4) is 0 Å². The van der Waals surface area contributed by atoms with Gasteiger partial charge in [0, 0.05) is 20.3 Å². The van der Waals surface area contributed by atoms with E-state index in [4.69, 9.17) is 9.84 Å². The number of aromatic nitrogens is 2. The summed E-state index contributed by atoms with van der Waals surface area (Å²) in [6.07, 6.45) is 0.749. The van der Waals surface area contributed by atoms with Crippen LogP contribution >= 0.6 is 11.8 Å². The number of nitrogens with zero attached hydrogens (tertiary/aromatic N) is 2. The number of aliphatic carboxylic acids is 1. The zero-order valence-electron chi connectivity index (χ0n) is 11.0. The molecular formula is C13H15FN2O3S. The predicted molar refractivity (Wildman–Crippen MR) is 74.5 cm³/mol. The van der Waals surface area contributed by atoms with Gasteiger partial charge in [-0.05, 0) is 18.6 Å². The van der Waals surface area contributed by atoms with Gasteiger partial charge in [-0.1, -0.05) is 17.8 Å². The van der Waals surface area contributed by atoms with Crippen LogP contribution in [0.4, 0.5) is 4.39 Å². The molecule has 20 heavy (non-hydrogen) atoms. The second kappa shape index (κ2) is 6.71. The third-order valence-electron chi connectivity index (χ3n) is 2.75. The number of rotatable bonds is 7. The van der Waals surface area contributed by atoms with Crippen LogP contribution in [0.2, 0.25) is 0 Å². The maximum atomic E-state index is 13.7. The van der Waals surface area contributed by atoms with Gasteiger partial charge >= 0.3 is 5.97 Å². The number of carboxylic acids is 1. The minimum Gasteiger partial charge on any atom is -0.481 e. The molecule has 0 unspecified atom stereocenters. The lowest BCUT2D eigenvalue weighted by Gasteiger charge is -2.07. The number of hydrogen-bond acceptors (Lipinski definition) is 4. The fraction of sp³-hybridized carbons (Fsp3) is 0.385. The van der Waals surface area contributed by atoms with Crippen LogP contribution in [0.1, 0.15) is 6.42 Å². The van der Waals surface area contributed by atoms with E-state index in [-0.39, 0.29) is 11.3 Å². The minimum atomic E-state index is -0.925. The zero-order valence-corrected chi connectivity index (χ0v) is 11.8. The summed E-state index contributed by atoms with van der Waals surface area (Å²) < 4.78 is 20.6. The Morgan fingerprint density at radius 2 is 2.35 bits per heavy atom. The largest absolute Gasteiger partial charge is 0.481 e. The Balaban J connectivity index is 2.34. The van der Waals surface area contributed by atoms with E-state index in [2.05, 4.69) is 4.98 Å². The minimum absolute atomic E-state index is 0.102. The Bertz CT molecular complexity index is 615. The summed E-state index contributed by atoms with van der Waals surface area (Å²) in [6, 6.07) is 4.75. The van der Waals surface area contributed by atoms with Gasteiger partial charge in [-0.3, -0.25) is 4.79 Å². The molecule has 0 saturated heterocycles. The second-order valence-corrected chi connectivity index (χ2v) is 5.12. The molecule has 0 aliphatic carbocycles. The molecule has 0 radical (unpaired) electrons. The normalized spacial score (nSPS) is 11.1. The van der Waals surface area contributed by atoms with Crippen LogP contribution in [-0.4, -0.2) is 40.1 Å². The van der Waals surface area contributed by atoms with Gasteiger partial charge in [0.2, 0.25) is 0 Å². The van der Waals surface area contributed by atoms with Crippen molar-refractivity contribution in [3.63, 3.8) is 0 Å². The fourth-order valence-corrected chi connectivity index (χ4v) is 2.66. The molecule has 1 N–H and O–H groups in total. The number of imidazole rings is 1. The van der Waals surface area contributed by atoms with Crippen molar-refractivity contribution in [2.24, 2.45) is 0 Å². The number of ether oxygens (including phenoxy) is 1. The van der Waals surface area contributed by atoms with Gasteiger partial charge in [0.15, 0.2) is 11.0 Å². The fourth-order valence-electron chi connectivity index (χ4n) is 1.91. The molecule has 0 aliphatic rings. The highest BCUT2D eigenvalue weighted by atomic mass is 32.2. The first-order chi connectivity index (χ1) is 9.63. The van der Waals surface area contributed by atoms with Gasteiger partial charge in [-0.25, -0.2) is 9.37 Å². The number of carboxylic acid groups (broad SMARTS) is 1. The Labute approximate surface area is 119 Å². The summed E-state index contributed by atoms with van der Waals surface area (Å²) in [5.41, 5.74) is 0.951. The Morgan fingerprint density at radius 1 is 1.55 bits per heavy atom. The number of benzene rings is 1. The van der Waals surface area contributed by atoms with Gasteiger partial charge in [-0.15, -0.1) is 0 Å². The van der Waals surface area contributed by atoms with Crippen molar-refractivity contribution in [2.45, 2.75) is 18.1 Å². The first kappa shape index (κ1) is 14.8. The van der Waals surface area contributed by atoms with Gasteiger partial charge in [0.05, 0.1) is 11.3 Å². The lowest BCUT2D eigenvalue weighted by atomic mass is 10.3. The number of para-hydroxylation sites is 1. The van der Waals surface area contributed by atoms with E-state index in [1.54, 1.807) is 19.2 Å². The number of carbonyl (C=O) groups is 1. The smallest absolute Gasteiger partial charge is 0.313 e. The van der Waals surface area contributed by atoms with Crippen LogP contribution in [0, 0.1) is 5.82 Å². The number of halogens is 1. The van der Waals surface area contributed by atoms with Crippen molar-refractivity contribution in [1.29, 1.82) is 0 Å². The molecule has 0 amide bonds. The summed E-state index contributed by atoms with van der Waals surface area (Å²) in [7, 11) is 1.62. The van der Waals surface area contributed by atoms with Crippen molar-refractivity contribution in [1.82, 2.24) is 9.55 Å². The van der Waals surface area contributed by atoms with Gasteiger partial charge < -0.3 is 14.4 Å². The summed E-state index contributed by atoms with van der Waals surface area (Å²) in [6.45, 7) is 1.19. The van der Waals surface area contributed by atoms with Crippen molar-refractivity contribution in [3.05, 3.63) is 24.0 Å². The van der Waals surface area contributed by atoms with Crippen molar-refractivity contribution >= 4 is 28.8 Å². The van der Waals surface area contributed by atoms with Gasteiger partial charge in [0.1, 0.15) is 5.52 Å².